The molecule has 0 aromatic heterocycles. The van der Waals surface area contributed by atoms with Gasteiger partial charge in [0.25, 0.3) is 10.0 Å². The third-order valence-corrected chi connectivity index (χ3v) is 8.14. The summed E-state index contributed by atoms with van der Waals surface area (Å²) in [5, 5.41) is 0. The summed E-state index contributed by atoms with van der Waals surface area (Å²) in [5.74, 6) is -0.413. The van der Waals surface area contributed by atoms with E-state index in [1.165, 1.54) is 29.6 Å². The van der Waals surface area contributed by atoms with E-state index in [0.29, 0.717) is 12.2 Å². The van der Waals surface area contributed by atoms with Gasteiger partial charge in [-0.1, -0.05) is 30.3 Å². The number of anilines is 1. The van der Waals surface area contributed by atoms with Crippen LogP contribution in [0.2, 0.25) is 0 Å². The maximum absolute atomic E-state index is 13.6. The van der Waals surface area contributed by atoms with Crippen molar-refractivity contribution in [1.29, 1.82) is 0 Å². The first-order valence-corrected chi connectivity index (χ1v) is 13.2. The molecule has 0 spiro atoms. The van der Waals surface area contributed by atoms with Gasteiger partial charge in [-0.25, -0.2) is 13.2 Å². The minimum absolute atomic E-state index is 0.0551. The van der Waals surface area contributed by atoms with Crippen molar-refractivity contribution in [2.24, 2.45) is 0 Å². The zero-order valence-corrected chi connectivity index (χ0v) is 20.1. The van der Waals surface area contributed by atoms with Crippen molar-refractivity contribution in [2.75, 3.05) is 24.2 Å². The van der Waals surface area contributed by atoms with Crippen LogP contribution in [0.5, 0.6) is 5.75 Å². The number of hydrogen-bond acceptors (Lipinski definition) is 6. The zero-order valence-electron chi connectivity index (χ0n) is 18.5. The molecule has 172 valence electrons. The monoisotopic (exact) mass is 483 g/mol. The average Bonchev–Trinajstić information content (AvgIpc) is 2.86. The summed E-state index contributed by atoms with van der Waals surface area (Å²) in [5.41, 5.74) is 2.65. The van der Waals surface area contributed by atoms with Crippen LogP contribution in [0, 0.1) is 0 Å². The summed E-state index contributed by atoms with van der Waals surface area (Å²) >= 11 is 1.63. The minimum atomic E-state index is -3.95. The first-order chi connectivity index (χ1) is 15.9. The lowest BCUT2D eigenvalue weighted by atomic mass is 10.0. The van der Waals surface area contributed by atoms with Gasteiger partial charge < -0.3 is 9.47 Å². The van der Waals surface area contributed by atoms with E-state index in [1.54, 1.807) is 17.8 Å². The molecule has 0 saturated carbocycles. The third kappa shape index (κ3) is 4.86. The van der Waals surface area contributed by atoms with E-state index < -0.39 is 16.0 Å². The van der Waals surface area contributed by atoms with Crippen molar-refractivity contribution in [2.45, 2.75) is 29.2 Å². The fourth-order valence-corrected chi connectivity index (χ4v) is 5.96. The van der Waals surface area contributed by atoms with Crippen LogP contribution in [-0.4, -0.2) is 34.3 Å². The molecule has 0 fully saturated rings. The molecule has 3 aromatic rings. The zero-order chi connectivity index (χ0) is 23.4. The van der Waals surface area contributed by atoms with Crippen LogP contribution in [0.3, 0.4) is 0 Å². The van der Waals surface area contributed by atoms with Gasteiger partial charge >= 0.3 is 5.97 Å². The molecule has 1 aliphatic heterocycles. The Morgan fingerprint density at radius 2 is 1.82 bits per heavy atom. The molecule has 0 saturated heterocycles. The van der Waals surface area contributed by atoms with Gasteiger partial charge in [-0.05, 0) is 66.6 Å². The normalized spacial score (nSPS) is 13.3. The van der Waals surface area contributed by atoms with Crippen molar-refractivity contribution in [3.05, 3.63) is 83.4 Å². The van der Waals surface area contributed by atoms with Crippen LogP contribution in [0.4, 0.5) is 5.69 Å². The molecular weight excluding hydrogens is 458 g/mol. The summed E-state index contributed by atoms with van der Waals surface area (Å²) in [4.78, 5) is 13.8. The molecule has 0 aliphatic carbocycles. The summed E-state index contributed by atoms with van der Waals surface area (Å²) in [6.07, 6.45) is 3.53. The van der Waals surface area contributed by atoms with E-state index in [4.69, 9.17) is 9.47 Å². The molecule has 8 heteroatoms. The second kappa shape index (κ2) is 9.89. The Morgan fingerprint density at radius 1 is 1.06 bits per heavy atom. The van der Waals surface area contributed by atoms with Gasteiger partial charge in [0.2, 0.25) is 0 Å². The molecule has 1 aliphatic rings. The highest BCUT2D eigenvalue weighted by Gasteiger charge is 2.32. The summed E-state index contributed by atoms with van der Waals surface area (Å²) in [6.45, 7) is 0.463. The van der Waals surface area contributed by atoms with E-state index in [9.17, 15) is 13.2 Å². The van der Waals surface area contributed by atoms with Crippen LogP contribution in [0.25, 0.3) is 0 Å². The number of methoxy groups -OCH3 is 1. The lowest BCUT2D eigenvalue weighted by Gasteiger charge is -2.30. The fourth-order valence-electron chi connectivity index (χ4n) is 3.83. The Hall–Kier alpha value is -2.97. The molecule has 6 nitrogen and oxygen atoms in total. The van der Waals surface area contributed by atoms with Gasteiger partial charge in [0, 0.05) is 11.4 Å². The fraction of sp³-hybridized carbons (Fsp3) is 0.240. The van der Waals surface area contributed by atoms with Crippen LogP contribution in [0.1, 0.15) is 27.9 Å². The molecule has 0 unspecified atom stereocenters. The molecule has 1 heterocycles. The van der Waals surface area contributed by atoms with Gasteiger partial charge in [0.15, 0.2) is 0 Å². The number of carbonyl (C=O) groups is 1. The largest absolute Gasteiger partial charge is 0.495 e. The number of rotatable bonds is 7. The second-order valence-corrected chi connectivity index (χ2v) is 10.3. The predicted octanol–water partition coefficient (Wildman–Crippen LogP) is 4.92. The second-order valence-electron chi connectivity index (χ2n) is 7.60. The van der Waals surface area contributed by atoms with E-state index in [1.807, 2.05) is 48.7 Å². The molecule has 0 amide bonds. The number of carbonyl (C=O) groups excluding carboxylic acids is 1. The summed E-state index contributed by atoms with van der Waals surface area (Å²) < 4.78 is 39.4. The van der Waals surface area contributed by atoms with Crippen molar-refractivity contribution < 1.29 is 22.7 Å². The van der Waals surface area contributed by atoms with Gasteiger partial charge in [-0.2, -0.15) is 0 Å². The van der Waals surface area contributed by atoms with Crippen molar-refractivity contribution in [1.82, 2.24) is 0 Å². The van der Waals surface area contributed by atoms with Crippen LogP contribution >= 0.6 is 11.8 Å². The molecule has 0 bridgehead atoms. The number of benzene rings is 3. The highest BCUT2D eigenvalue weighted by Crippen LogP contribution is 2.35. The van der Waals surface area contributed by atoms with E-state index in [-0.39, 0.29) is 22.8 Å². The number of hydrogen-bond donors (Lipinski definition) is 0. The molecule has 33 heavy (non-hydrogen) atoms. The Morgan fingerprint density at radius 3 is 2.55 bits per heavy atom. The van der Waals surface area contributed by atoms with Gasteiger partial charge in [-0.15, -0.1) is 11.8 Å². The Labute approximate surface area is 198 Å². The minimum Gasteiger partial charge on any atom is -0.495 e. The Bertz CT molecular complexity index is 1260. The Kier molecular flexibility index (Phi) is 6.95. The van der Waals surface area contributed by atoms with E-state index >= 15 is 0 Å². The third-order valence-electron chi connectivity index (χ3n) is 5.56. The van der Waals surface area contributed by atoms with Crippen molar-refractivity contribution in [3.63, 3.8) is 0 Å². The molecule has 0 N–H and O–H groups in total. The predicted molar refractivity (Wildman–Crippen MR) is 130 cm³/mol. The van der Waals surface area contributed by atoms with Crippen LogP contribution < -0.4 is 9.04 Å². The van der Waals surface area contributed by atoms with Gasteiger partial charge in [0.05, 0.1) is 18.4 Å². The maximum Gasteiger partial charge on any atom is 0.338 e. The lowest BCUT2D eigenvalue weighted by Crippen LogP contribution is -2.35. The average molecular weight is 484 g/mol. The topological polar surface area (TPSA) is 72.9 Å². The smallest absolute Gasteiger partial charge is 0.338 e. The molecule has 0 atom stereocenters. The number of para-hydroxylation sites is 1. The number of esters is 1. The number of fused-ring (bicyclic) bond motifs is 1. The molecule has 4 rings (SSSR count). The van der Waals surface area contributed by atoms with Crippen LogP contribution in [-0.2, 0) is 27.8 Å². The SMILES string of the molecule is COc1ccc(C(=O)OCc2ccc(SC)cc2)cc1S(=O)(=O)N1CCCc2ccccc21. The van der Waals surface area contributed by atoms with E-state index in [2.05, 4.69) is 0 Å². The van der Waals surface area contributed by atoms with E-state index in [0.717, 1.165) is 28.9 Å². The molecule has 3 aromatic carbocycles. The van der Waals surface area contributed by atoms with Gasteiger partial charge in [0.1, 0.15) is 17.3 Å². The number of sulfonamides is 1. The highest BCUT2D eigenvalue weighted by atomic mass is 32.2. The maximum atomic E-state index is 13.6. The molecule has 0 radical (unpaired) electrons. The van der Waals surface area contributed by atoms with Crippen molar-refractivity contribution >= 4 is 33.4 Å². The number of thioether (sulfide) groups is 1. The standard InChI is InChI=1S/C25H25NO5S2/c1-30-23-14-11-20(25(27)31-17-18-9-12-21(32-2)13-10-18)16-24(23)33(28,29)26-15-5-7-19-6-3-4-8-22(19)26/h3-4,6,8-14,16H,5,7,15,17H2,1-2H3. The van der Waals surface area contributed by atoms with Gasteiger partial charge in [-0.3, -0.25) is 4.31 Å². The highest BCUT2D eigenvalue weighted by molar-refractivity contribution is 7.98. The van der Waals surface area contributed by atoms with Crippen molar-refractivity contribution in [3.8, 4) is 5.75 Å². The quantitative estimate of drug-likeness (QED) is 0.351. The number of aryl methyl sites for hydroxylation is 1. The summed E-state index contributed by atoms with van der Waals surface area (Å²) in [6, 6.07) is 19.5. The number of nitrogens with zero attached hydrogens (tertiary/aromatic N) is 1. The van der Waals surface area contributed by atoms with Crippen LogP contribution in [0.15, 0.2) is 76.5 Å². The Balaban J connectivity index is 1.61. The summed E-state index contributed by atoms with van der Waals surface area (Å²) in [7, 11) is -2.54. The molecular formula is C25H25NO5S2. The first-order valence-electron chi connectivity index (χ1n) is 10.5. The lowest BCUT2D eigenvalue weighted by molar-refractivity contribution is 0.0472. The number of ether oxygens (including phenoxy) is 2. The first kappa shape index (κ1) is 23.2.